The first-order valence-electron chi connectivity index (χ1n) is 11.8. The van der Waals surface area contributed by atoms with Gasteiger partial charge in [0.25, 0.3) is 5.91 Å². The number of carbonyl (C=O) groups excluding carboxylic acids is 2. The fourth-order valence-corrected chi connectivity index (χ4v) is 5.28. The Bertz CT molecular complexity index is 989. The van der Waals surface area contributed by atoms with Crippen LogP contribution in [0.5, 0.6) is 0 Å². The maximum atomic E-state index is 12.9. The molecule has 1 unspecified atom stereocenters. The van der Waals surface area contributed by atoms with Gasteiger partial charge in [-0.3, -0.25) is 9.59 Å². The molecular formula is C24H31ClN6O2S. The number of halogens is 1. The first-order valence-corrected chi connectivity index (χ1v) is 13.1. The molecule has 1 atom stereocenters. The van der Waals surface area contributed by atoms with Crippen LogP contribution in [0.3, 0.4) is 0 Å². The van der Waals surface area contributed by atoms with Crippen molar-refractivity contribution in [3.8, 4) is 0 Å². The van der Waals surface area contributed by atoms with Crippen LogP contribution in [0.2, 0.25) is 5.15 Å². The molecule has 1 aromatic carbocycles. The minimum atomic E-state index is -0.0315. The average molecular weight is 503 g/mol. The number of likely N-dealkylation sites (tertiary alicyclic amines) is 1. The predicted octanol–water partition coefficient (Wildman–Crippen LogP) is 2.79. The van der Waals surface area contributed by atoms with E-state index in [9.17, 15) is 9.59 Å². The molecule has 34 heavy (non-hydrogen) atoms. The van der Waals surface area contributed by atoms with Crippen molar-refractivity contribution in [1.29, 1.82) is 0 Å². The largest absolute Gasteiger partial charge is 0.354 e. The lowest BCUT2D eigenvalue weighted by Crippen LogP contribution is -2.54. The second kappa shape index (κ2) is 11.9. The molecular weight excluding hydrogens is 472 g/mol. The Morgan fingerprint density at radius 3 is 2.62 bits per heavy atom. The van der Waals surface area contributed by atoms with Crippen molar-refractivity contribution in [2.24, 2.45) is 0 Å². The van der Waals surface area contributed by atoms with Gasteiger partial charge in [0.05, 0.1) is 5.75 Å². The summed E-state index contributed by atoms with van der Waals surface area (Å²) in [6.45, 7) is 7.73. The summed E-state index contributed by atoms with van der Waals surface area (Å²) < 4.78 is 0. The lowest BCUT2D eigenvalue weighted by atomic mass is 10.1. The first-order chi connectivity index (χ1) is 16.5. The van der Waals surface area contributed by atoms with Gasteiger partial charge in [0.2, 0.25) is 5.91 Å². The Morgan fingerprint density at radius 1 is 1.12 bits per heavy atom. The van der Waals surface area contributed by atoms with Crippen molar-refractivity contribution >= 4 is 41.0 Å². The monoisotopic (exact) mass is 502 g/mol. The minimum Gasteiger partial charge on any atom is -0.354 e. The van der Waals surface area contributed by atoms with E-state index in [0.29, 0.717) is 42.1 Å². The van der Waals surface area contributed by atoms with E-state index in [0.717, 1.165) is 25.5 Å². The van der Waals surface area contributed by atoms with Crippen LogP contribution in [-0.4, -0.2) is 89.2 Å². The first kappa shape index (κ1) is 24.8. The van der Waals surface area contributed by atoms with Crippen LogP contribution in [0.25, 0.3) is 0 Å². The highest BCUT2D eigenvalue weighted by atomic mass is 35.5. The Hall–Kier alpha value is -2.36. The fourth-order valence-electron chi connectivity index (χ4n) is 4.37. The van der Waals surface area contributed by atoms with Gasteiger partial charge in [0.15, 0.2) is 5.16 Å². The Morgan fingerprint density at radius 2 is 1.88 bits per heavy atom. The Labute approximate surface area is 210 Å². The number of hydrogen-bond donors (Lipinski definition) is 1. The summed E-state index contributed by atoms with van der Waals surface area (Å²) in [7, 11) is 0. The predicted molar refractivity (Wildman–Crippen MR) is 136 cm³/mol. The van der Waals surface area contributed by atoms with E-state index in [-0.39, 0.29) is 23.6 Å². The molecule has 1 aromatic heterocycles. The summed E-state index contributed by atoms with van der Waals surface area (Å²) in [6, 6.07) is 11.1. The topological polar surface area (TPSA) is 81.7 Å². The Kier molecular flexibility index (Phi) is 8.64. The molecule has 0 spiro atoms. The second-order valence-electron chi connectivity index (χ2n) is 8.68. The lowest BCUT2D eigenvalue weighted by Gasteiger charge is -2.40. The molecule has 2 aliphatic rings. The van der Waals surface area contributed by atoms with Gasteiger partial charge in [-0.05, 0) is 45.0 Å². The number of benzene rings is 1. The number of thioether (sulfide) groups is 1. The molecule has 0 radical (unpaired) electrons. The molecule has 8 nitrogen and oxygen atoms in total. The van der Waals surface area contributed by atoms with Crippen molar-refractivity contribution in [1.82, 2.24) is 25.1 Å². The third-order valence-electron chi connectivity index (χ3n) is 6.18. The number of hydrogen-bond acceptors (Lipinski definition) is 7. The highest BCUT2D eigenvalue weighted by molar-refractivity contribution is 7.99. The number of rotatable bonds is 8. The third-order valence-corrected chi connectivity index (χ3v) is 7.22. The number of amides is 2. The van der Waals surface area contributed by atoms with Gasteiger partial charge in [-0.1, -0.05) is 41.6 Å². The third kappa shape index (κ3) is 6.61. The number of piperazine rings is 1. The van der Waals surface area contributed by atoms with E-state index in [4.69, 9.17) is 11.6 Å². The molecule has 2 aromatic rings. The second-order valence-corrected chi connectivity index (χ2v) is 10.0. The van der Waals surface area contributed by atoms with Crippen molar-refractivity contribution in [2.45, 2.75) is 31.0 Å². The summed E-state index contributed by atoms with van der Waals surface area (Å²) in [5.74, 6) is 0.974. The molecule has 2 saturated heterocycles. The summed E-state index contributed by atoms with van der Waals surface area (Å²) in [5, 5.41) is 3.79. The van der Waals surface area contributed by atoms with Crippen LogP contribution < -0.4 is 10.2 Å². The van der Waals surface area contributed by atoms with E-state index >= 15 is 0 Å². The fraction of sp³-hybridized carbons (Fsp3) is 0.500. The van der Waals surface area contributed by atoms with Gasteiger partial charge in [-0.2, -0.15) is 0 Å². The molecule has 10 heteroatoms. The molecule has 1 N–H and O–H groups in total. The van der Waals surface area contributed by atoms with Crippen LogP contribution >= 0.6 is 23.4 Å². The molecule has 2 fully saturated rings. The molecule has 182 valence electrons. The van der Waals surface area contributed by atoms with Crippen molar-refractivity contribution in [2.75, 3.05) is 56.5 Å². The van der Waals surface area contributed by atoms with E-state index in [1.54, 1.807) is 6.07 Å². The average Bonchev–Trinajstić information content (AvgIpc) is 3.36. The van der Waals surface area contributed by atoms with Gasteiger partial charge in [-0.25, -0.2) is 9.97 Å². The molecule has 4 rings (SSSR count). The van der Waals surface area contributed by atoms with Gasteiger partial charge in [0, 0.05) is 50.4 Å². The number of anilines is 1. The van der Waals surface area contributed by atoms with Crippen LogP contribution in [0.15, 0.2) is 41.6 Å². The highest BCUT2D eigenvalue weighted by Crippen LogP contribution is 2.24. The zero-order valence-electron chi connectivity index (χ0n) is 19.5. The SMILES string of the molecule is CC1CN(c2cc(Cl)nc(SCC(=O)NCCN3CCCC3)n2)CCN1C(=O)c1ccccc1. The van der Waals surface area contributed by atoms with E-state index in [1.807, 2.05) is 42.2 Å². The van der Waals surface area contributed by atoms with Crippen LogP contribution in [-0.2, 0) is 4.79 Å². The molecule has 0 aliphatic carbocycles. The summed E-state index contributed by atoms with van der Waals surface area (Å²) in [5.41, 5.74) is 0.699. The number of nitrogens with zero attached hydrogens (tertiary/aromatic N) is 5. The Balaban J connectivity index is 1.29. The molecule has 0 bridgehead atoms. The number of nitrogens with one attached hydrogen (secondary N) is 1. The number of aromatic nitrogens is 2. The van der Waals surface area contributed by atoms with Crippen LogP contribution in [0.4, 0.5) is 5.82 Å². The van der Waals surface area contributed by atoms with Gasteiger partial charge in [-0.15, -0.1) is 0 Å². The highest BCUT2D eigenvalue weighted by Gasteiger charge is 2.29. The quantitative estimate of drug-likeness (QED) is 0.337. The zero-order valence-corrected chi connectivity index (χ0v) is 21.0. The van der Waals surface area contributed by atoms with E-state index < -0.39 is 0 Å². The summed E-state index contributed by atoms with van der Waals surface area (Å²) in [6.07, 6.45) is 2.49. The molecule has 2 amide bonds. The molecule has 3 heterocycles. The van der Waals surface area contributed by atoms with Crippen LogP contribution in [0.1, 0.15) is 30.1 Å². The van der Waals surface area contributed by atoms with Gasteiger partial charge < -0.3 is 20.0 Å². The lowest BCUT2D eigenvalue weighted by molar-refractivity contribution is -0.118. The van der Waals surface area contributed by atoms with E-state index in [2.05, 4.69) is 25.1 Å². The standard InChI is InChI=1S/C24H31ClN6O2S/c1-18-16-30(13-14-31(18)23(33)19-7-3-2-4-8-19)21-15-20(25)27-24(28-21)34-17-22(32)26-9-12-29-10-5-6-11-29/h2-4,7-8,15,18H,5-6,9-14,16-17H2,1H3,(H,26,32). The zero-order chi connectivity index (χ0) is 23.9. The van der Waals surface area contributed by atoms with Crippen molar-refractivity contribution < 1.29 is 9.59 Å². The maximum absolute atomic E-state index is 12.9. The molecule has 2 aliphatic heterocycles. The van der Waals surface area contributed by atoms with Gasteiger partial charge in [0.1, 0.15) is 11.0 Å². The van der Waals surface area contributed by atoms with Crippen LogP contribution in [0, 0.1) is 0 Å². The van der Waals surface area contributed by atoms with E-state index in [1.165, 1.54) is 24.6 Å². The maximum Gasteiger partial charge on any atom is 0.254 e. The summed E-state index contributed by atoms with van der Waals surface area (Å²) >= 11 is 7.56. The minimum absolute atomic E-state index is 0.0210. The molecule has 0 saturated carbocycles. The van der Waals surface area contributed by atoms with Crippen molar-refractivity contribution in [3.63, 3.8) is 0 Å². The smallest absolute Gasteiger partial charge is 0.254 e. The number of carbonyl (C=O) groups is 2. The van der Waals surface area contributed by atoms with Crippen molar-refractivity contribution in [3.05, 3.63) is 47.1 Å². The normalized spacial score (nSPS) is 18.8. The van der Waals surface area contributed by atoms with Gasteiger partial charge >= 0.3 is 0 Å². The summed E-state index contributed by atoms with van der Waals surface area (Å²) in [4.78, 5) is 40.4.